The van der Waals surface area contributed by atoms with Gasteiger partial charge in [0, 0.05) is 17.8 Å². The van der Waals surface area contributed by atoms with Gasteiger partial charge in [-0.2, -0.15) is 0 Å². The number of rotatable bonds is 5. The van der Waals surface area contributed by atoms with Crippen LogP contribution in [-0.2, 0) is 6.54 Å². The summed E-state index contributed by atoms with van der Waals surface area (Å²) in [6, 6.07) is 0.537. The molecule has 19 heavy (non-hydrogen) atoms. The van der Waals surface area contributed by atoms with E-state index in [1.165, 1.54) is 32.1 Å². The molecule has 2 N–H and O–H groups in total. The molecule has 5 nitrogen and oxygen atoms in total. The van der Waals surface area contributed by atoms with Crippen LogP contribution in [0.2, 0.25) is 0 Å². The maximum atomic E-state index is 11.6. The lowest BCUT2D eigenvalue weighted by atomic mass is 10.1. The second kappa shape index (κ2) is 7.14. The number of H-pyrrole nitrogens is 1. The maximum absolute atomic E-state index is 11.6. The molecular formula is C13H24N4OS. The first-order valence-corrected chi connectivity index (χ1v) is 8.19. The molecule has 1 aliphatic carbocycles. The van der Waals surface area contributed by atoms with Crippen molar-refractivity contribution in [1.82, 2.24) is 20.1 Å². The Balaban J connectivity index is 2.11. The van der Waals surface area contributed by atoms with Crippen molar-refractivity contribution in [2.24, 2.45) is 0 Å². The Morgan fingerprint density at radius 2 is 2.16 bits per heavy atom. The van der Waals surface area contributed by atoms with Crippen LogP contribution >= 0.6 is 11.8 Å². The monoisotopic (exact) mass is 284 g/mol. The summed E-state index contributed by atoms with van der Waals surface area (Å²) in [6.07, 6.45) is 6.33. The molecule has 0 radical (unpaired) electrons. The fraction of sp³-hybridized carbons (Fsp3) is 0.846. The molecule has 0 aliphatic heterocycles. The molecule has 1 aromatic rings. The predicted octanol–water partition coefficient (Wildman–Crippen LogP) is 1.99. The molecule has 2 atom stereocenters. The highest BCUT2D eigenvalue weighted by Crippen LogP contribution is 2.31. The fourth-order valence-electron chi connectivity index (χ4n) is 2.72. The summed E-state index contributed by atoms with van der Waals surface area (Å²) in [4.78, 5) is 11.6. The number of hydrogen-bond acceptors (Lipinski definition) is 4. The van der Waals surface area contributed by atoms with Gasteiger partial charge in [0.05, 0.1) is 0 Å². The number of hydrogen-bond donors (Lipinski definition) is 2. The number of nitrogens with one attached hydrogen (secondary N) is 2. The average Bonchev–Trinajstić information content (AvgIpc) is 2.60. The zero-order valence-corrected chi connectivity index (χ0v) is 12.6. The van der Waals surface area contributed by atoms with Gasteiger partial charge in [0.2, 0.25) is 0 Å². The van der Waals surface area contributed by atoms with Crippen molar-refractivity contribution >= 4 is 11.8 Å². The second-order valence-corrected chi connectivity index (χ2v) is 6.22. The summed E-state index contributed by atoms with van der Waals surface area (Å²) in [5, 5.41) is 11.7. The maximum Gasteiger partial charge on any atom is 0.343 e. The van der Waals surface area contributed by atoms with E-state index in [1.54, 1.807) is 16.3 Å². The van der Waals surface area contributed by atoms with E-state index in [9.17, 15) is 4.79 Å². The molecule has 1 saturated carbocycles. The number of aromatic nitrogens is 3. The highest BCUT2D eigenvalue weighted by atomic mass is 32.2. The molecule has 1 aromatic heterocycles. The summed E-state index contributed by atoms with van der Waals surface area (Å²) in [5.74, 6) is 0. The van der Waals surface area contributed by atoms with Crippen LogP contribution in [0.15, 0.2) is 9.95 Å². The molecule has 0 amide bonds. The van der Waals surface area contributed by atoms with Gasteiger partial charge in [0.25, 0.3) is 0 Å². The summed E-state index contributed by atoms with van der Waals surface area (Å²) >= 11 is 1.76. The Kier molecular flexibility index (Phi) is 5.51. The Bertz CT molecular complexity index is 442. The second-order valence-electron chi connectivity index (χ2n) is 5.01. The molecule has 2 rings (SSSR count). The van der Waals surface area contributed by atoms with Crippen LogP contribution in [0.4, 0.5) is 0 Å². The third-order valence-corrected chi connectivity index (χ3v) is 5.10. The minimum absolute atomic E-state index is 0.0985. The first kappa shape index (κ1) is 14.7. The lowest BCUT2D eigenvalue weighted by molar-refractivity contribution is 0.481. The molecular weight excluding hydrogens is 260 g/mol. The number of nitrogens with zero attached hydrogens (tertiary/aromatic N) is 2. The fourth-order valence-corrected chi connectivity index (χ4v) is 4.11. The third-order valence-electron chi connectivity index (χ3n) is 3.72. The van der Waals surface area contributed by atoms with Crippen LogP contribution in [0.1, 0.15) is 46.0 Å². The van der Waals surface area contributed by atoms with Gasteiger partial charge >= 0.3 is 5.69 Å². The van der Waals surface area contributed by atoms with E-state index in [0.29, 0.717) is 17.8 Å². The van der Waals surface area contributed by atoms with Gasteiger partial charge in [0.15, 0.2) is 5.16 Å². The molecule has 108 valence electrons. The number of thioether (sulfide) groups is 1. The van der Waals surface area contributed by atoms with E-state index in [2.05, 4.69) is 22.4 Å². The predicted molar refractivity (Wildman–Crippen MR) is 78.7 cm³/mol. The van der Waals surface area contributed by atoms with E-state index >= 15 is 0 Å². The lowest BCUT2D eigenvalue weighted by Crippen LogP contribution is -2.37. The summed E-state index contributed by atoms with van der Waals surface area (Å²) in [7, 11) is 0. The van der Waals surface area contributed by atoms with Crippen molar-refractivity contribution < 1.29 is 0 Å². The minimum atomic E-state index is -0.0985. The quantitative estimate of drug-likeness (QED) is 0.812. The normalized spacial score (nSPS) is 24.3. The van der Waals surface area contributed by atoms with Gasteiger partial charge < -0.3 is 5.32 Å². The number of aromatic amines is 1. The molecule has 0 spiro atoms. The van der Waals surface area contributed by atoms with E-state index in [0.717, 1.165) is 11.7 Å². The van der Waals surface area contributed by atoms with Gasteiger partial charge in [-0.25, -0.2) is 9.89 Å². The molecule has 0 aromatic carbocycles. The van der Waals surface area contributed by atoms with E-state index in [1.807, 2.05) is 6.92 Å². The smallest absolute Gasteiger partial charge is 0.313 e. The Labute approximate surface area is 118 Å². The summed E-state index contributed by atoms with van der Waals surface area (Å²) in [6.45, 7) is 5.82. The van der Waals surface area contributed by atoms with Crippen LogP contribution < -0.4 is 11.0 Å². The van der Waals surface area contributed by atoms with Crippen molar-refractivity contribution in [2.75, 3.05) is 6.54 Å². The average molecular weight is 284 g/mol. The Hall–Kier alpha value is -0.750. The van der Waals surface area contributed by atoms with Crippen LogP contribution in [-0.4, -0.2) is 32.6 Å². The summed E-state index contributed by atoms with van der Waals surface area (Å²) in [5.41, 5.74) is -0.0985. The molecule has 0 bridgehead atoms. The third kappa shape index (κ3) is 3.63. The topological polar surface area (TPSA) is 62.7 Å². The summed E-state index contributed by atoms with van der Waals surface area (Å²) < 4.78 is 1.72. The highest BCUT2D eigenvalue weighted by Gasteiger charge is 2.25. The molecule has 1 aliphatic rings. The van der Waals surface area contributed by atoms with Crippen LogP contribution in [0, 0.1) is 0 Å². The largest absolute Gasteiger partial charge is 0.343 e. The minimum Gasteiger partial charge on any atom is -0.313 e. The van der Waals surface area contributed by atoms with Gasteiger partial charge in [-0.1, -0.05) is 37.9 Å². The first-order chi connectivity index (χ1) is 9.26. The van der Waals surface area contributed by atoms with Crippen molar-refractivity contribution in [3.8, 4) is 0 Å². The van der Waals surface area contributed by atoms with Crippen molar-refractivity contribution in [3.05, 3.63) is 10.5 Å². The van der Waals surface area contributed by atoms with Gasteiger partial charge in [-0.15, -0.1) is 5.10 Å². The zero-order valence-electron chi connectivity index (χ0n) is 11.8. The SMILES string of the molecule is CCNC1CCCCCC1Sc1n[nH]c(=O)n1CC. The van der Waals surface area contributed by atoms with Crippen molar-refractivity contribution in [3.63, 3.8) is 0 Å². The van der Waals surface area contributed by atoms with Gasteiger partial charge in [-0.3, -0.25) is 4.57 Å². The van der Waals surface area contributed by atoms with Crippen molar-refractivity contribution in [1.29, 1.82) is 0 Å². The van der Waals surface area contributed by atoms with E-state index < -0.39 is 0 Å². The van der Waals surface area contributed by atoms with Crippen molar-refractivity contribution in [2.45, 2.75) is 68.9 Å². The van der Waals surface area contributed by atoms with Gasteiger partial charge in [-0.05, 0) is 26.3 Å². The van der Waals surface area contributed by atoms with Crippen LogP contribution in [0.3, 0.4) is 0 Å². The van der Waals surface area contributed by atoms with E-state index in [-0.39, 0.29) is 5.69 Å². The standard InChI is InChI=1S/C13H24N4OS/c1-3-14-10-8-6-5-7-9-11(10)19-13-16-15-12(18)17(13)4-2/h10-11,14H,3-9H2,1-2H3,(H,15,18). The molecule has 1 fully saturated rings. The first-order valence-electron chi connectivity index (χ1n) is 7.31. The molecule has 6 heteroatoms. The molecule has 2 unspecified atom stereocenters. The molecule has 0 saturated heterocycles. The van der Waals surface area contributed by atoms with Crippen LogP contribution in [0.5, 0.6) is 0 Å². The highest BCUT2D eigenvalue weighted by molar-refractivity contribution is 7.99. The Morgan fingerprint density at radius 1 is 1.37 bits per heavy atom. The molecule has 1 heterocycles. The lowest BCUT2D eigenvalue weighted by Gasteiger charge is -2.24. The van der Waals surface area contributed by atoms with Gasteiger partial charge in [0.1, 0.15) is 0 Å². The zero-order chi connectivity index (χ0) is 13.7. The van der Waals surface area contributed by atoms with Crippen LogP contribution in [0.25, 0.3) is 0 Å². The van der Waals surface area contributed by atoms with E-state index in [4.69, 9.17) is 0 Å². The Morgan fingerprint density at radius 3 is 2.89 bits per heavy atom.